The van der Waals surface area contributed by atoms with E-state index in [2.05, 4.69) is 0 Å². The minimum atomic E-state index is -4.61. The molecule has 1 rings (SSSR count). The summed E-state index contributed by atoms with van der Waals surface area (Å²) in [6.07, 6.45) is -4.61. The highest BCUT2D eigenvalue weighted by Crippen LogP contribution is 2.36. The number of halogens is 5. The molecule has 0 saturated heterocycles. The molecule has 0 atom stereocenters. The van der Waals surface area contributed by atoms with Gasteiger partial charge < -0.3 is 0 Å². The lowest BCUT2D eigenvalue weighted by Gasteiger charge is -2.17. The van der Waals surface area contributed by atoms with Crippen molar-refractivity contribution < 1.29 is 22.0 Å². The molecule has 0 radical (unpaired) electrons. The van der Waals surface area contributed by atoms with Crippen molar-refractivity contribution in [2.24, 2.45) is 0 Å². The van der Waals surface area contributed by atoms with E-state index in [1.54, 1.807) is 13.8 Å². The molecular weight excluding hydrogens is 239 g/mol. The maximum Gasteiger partial charge on any atom is 0.416 e. The molecule has 0 fully saturated rings. The number of rotatable bonds is 2. The summed E-state index contributed by atoms with van der Waals surface area (Å²) in [5.41, 5.74) is -1.37. The first kappa shape index (κ1) is 13.9. The fourth-order valence-electron chi connectivity index (χ4n) is 1.40. The molecule has 0 spiro atoms. The Bertz CT molecular complexity index is 366. The topological polar surface area (TPSA) is 0 Å². The number of hydrogen-bond acceptors (Lipinski definition) is 0. The van der Waals surface area contributed by atoms with Crippen LogP contribution in [0.3, 0.4) is 0 Å². The molecule has 5 heteroatoms. The summed E-state index contributed by atoms with van der Waals surface area (Å²) in [5, 5.41) is 0. The molecular formula is C12H13F5. The van der Waals surface area contributed by atoms with Crippen LogP contribution in [0, 0.1) is 0 Å². The van der Waals surface area contributed by atoms with Crippen LogP contribution < -0.4 is 0 Å². The van der Waals surface area contributed by atoms with Gasteiger partial charge in [-0.1, -0.05) is 13.8 Å². The van der Waals surface area contributed by atoms with Crippen LogP contribution in [0.15, 0.2) is 18.2 Å². The summed E-state index contributed by atoms with van der Waals surface area (Å²) >= 11 is 0. The van der Waals surface area contributed by atoms with Crippen LogP contribution in [-0.4, -0.2) is 0 Å². The number of benzene rings is 1. The molecule has 0 aromatic heterocycles. The molecule has 0 amide bonds. The van der Waals surface area contributed by atoms with Gasteiger partial charge in [-0.05, 0) is 29.7 Å². The zero-order valence-electron chi connectivity index (χ0n) is 9.70. The van der Waals surface area contributed by atoms with Crippen LogP contribution in [0.2, 0.25) is 0 Å². The molecule has 0 unspecified atom stereocenters. The number of hydrogen-bond donors (Lipinski definition) is 0. The molecule has 0 aliphatic rings. The summed E-state index contributed by atoms with van der Waals surface area (Å²) in [6, 6.07) is 2.55. The van der Waals surface area contributed by atoms with Crippen molar-refractivity contribution in [2.75, 3.05) is 0 Å². The van der Waals surface area contributed by atoms with E-state index in [4.69, 9.17) is 0 Å². The Kier molecular flexibility index (Phi) is 3.50. The van der Waals surface area contributed by atoms with Crippen LogP contribution in [0.1, 0.15) is 43.4 Å². The minimum absolute atomic E-state index is 0.238. The molecule has 0 N–H and O–H groups in total. The number of alkyl halides is 5. The van der Waals surface area contributed by atoms with E-state index < -0.39 is 23.2 Å². The lowest BCUT2D eigenvalue weighted by molar-refractivity contribution is -0.137. The maximum absolute atomic E-state index is 13.1. The second-order valence-electron chi connectivity index (χ2n) is 4.38. The van der Waals surface area contributed by atoms with Crippen LogP contribution >= 0.6 is 0 Å². The Labute approximate surface area is 96.4 Å². The van der Waals surface area contributed by atoms with Gasteiger partial charge in [0.05, 0.1) is 5.56 Å². The standard InChI is InChI=1S/C12H13F5/c1-7(2)8-4-9(11(3,13)14)6-10(5-8)12(15,16)17/h4-7H,1-3H3. The van der Waals surface area contributed by atoms with Gasteiger partial charge in [0.1, 0.15) is 0 Å². The van der Waals surface area contributed by atoms with E-state index in [0.717, 1.165) is 12.1 Å². The fourth-order valence-corrected chi connectivity index (χ4v) is 1.40. The molecule has 0 saturated carbocycles. The Balaban J connectivity index is 3.40. The van der Waals surface area contributed by atoms with E-state index in [9.17, 15) is 22.0 Å². The van der Waals surface area contributed by atoms with Crippen LogP contribution in [-0.2, 0) is 12.1 Å². The van der Waals surface area contributed by atoms with Crippen molar-refractivity contribution in [3.05, 3.63) is 34.9 Å². The highest BCUT2D eigenvalue weighted by Gasteiger charge is 2.34. The van der Waals surface area contributed by atoms with Crippen molar-refractivity contribution in [3.8, 4) is 0 Å². The maximum atomic E-state index is 13.1. The zero-order chi connectivity index (χ0) is 13.4. The molecule has 0 aliphatic heterocycles. The summed E-state index contributed by atoms with van der Waals surface area (Å²) in [7, 11) is 0. The molecule has 1 aromatic rings. The Morgan fingerprint density at radius 3 is 1.71 bits per heavy atom. The molecule has 17 heavy (non-hydrogen) atoms. The van der Waals surface area contributed by atoms with Crippen LogP contribution in [0.4, 0.5) is 22.0 Å². The predicted molar refractivity (Wildman–Crippen MR) is 55.1 cm³/mol. The molecule has 0 aliphatic carbocycles. The highest BCUT2D eigenvalue weighted by molar-refractivity contribution is 5.35. The van der Waals surface area contributed by atoms with Gasteiger partial charge in [-0.2, -0.15) is 13.2 Å². The van der Waals surface area contributed by atoms with E-state index in [-0.39, 0.29) is 11.5 Å². The SMILES string of the molecule is CC(C)c1cc(C(C)(F)F)cc(C(F)(F)F)c1. The van der Waals surface area contributed by atoms with E-state index in [1.807, 2.05) is 0 Å². The van der Waals surface area contributed by atoms with Crippen molar-refractivity contribution >= 4 is 0 Å². The molecule has 0 bridgehead atoms. The van der Waals surface area contributed by atoms with Crippen LogP contribution in [0.25, 0.3) is 0 Å². The summed E-state index contributed by atoms with van der Waals surface area (Å²) in [5.74, 6) is -3.51. The van der Waals surface area contributed by atoms with Crippen LogP contribution in [0.5, 0.6) is 0 Å². The lowest BCUT2D eigenvalue weighted by atomic mass is 9.95. The third-order valence-corrected chi connectivity index (χ3v) is 2.46. The normalized spacial score (nSPS) is 13.2. The molecule has 96 valence electrons. The second kappa shape index (κ2) is 4.27. The largest absolute Gasteiger partial charge is 0.416 e. The Hall–Kier alpha value is -1.13. The fraction of sp³-hybridized carbons (Fsp3) is 0.500. The predicted octanol–water partition coefficient (Wildman–Crippen LogP) is 4.94. The molecule has 0 nitrogen and oxygen atoms in total. The first-order valence-electron chi connectivity index (χ1n) is 5.12. The summed E-state index contributed by atoms with van der Waals surface area (Å²) in [4.78, 5) is 0. The lowest BCUT2D eigenvalue weighted by Crippen LogP contribution is -2.13. The monoisotopic (exact) mass is 252 g/mol. The van der Waals surface area contributed by atoms with Gasteiger partial charge in [0.2, 0.25) is 0 Å². The minimum Gasteiger partial charge on any atom is -0.202 e. The van der Waals surface area contributed by atoms with Gasteiger partial charge in [-0.15, -0.1) is 0 Å². The summed E-state index contributed by atoms with van der Waals surface area (Å²) in [6.45, 7) is 3.91. The van der Waals surface area contributed by atoms with Gasteiger partial charge in [-0.25, -0.2) is 8.78 Å². The average molecular weight is 252 g/mol. The Morgan fingerprint density at radius 1 is 0.882 bits per heavy atom. The van der Waals surface area contributed by atoms with Crippen molar-refractivity contribution in [2.45, 2.75) is 38.8 Å². The van der Waals surface area contributed by atoms with Crippen molar-refractivity contribution in [1.82, 2.24) is 0 Å². The third-order valence-electron chi connectivity index (χ3n) is 2.46. The van der Waals surface area contributed by atoms with Gasteiger partial charge in [-0.3, -0.25) is 0 Å². The quantitative estimate of drug-likeness (QED) is 0.654. The zero-order valence-corrected chi connectivity index (χ0v) is 9.70. The first-order valence-corrected chi connectivity index (χ1v) is 5.12. The van der Waals surface area contributed by atoms with E-state index in [1.165, 1.54) is 0 Å². The Morgan fingerprint density at radius 2 is 1.35 bits per heavy atom. The van der Waals surface area contributed by atoms with E-state index >= 15 is 0 Å². The van der Waals surface area contributed by atoms with Gasteiger partial charge in [0, 0.05) is 12.5 Å². The second-order valence-corrected chi connectivity index (χ2v) is 4.38. The first-order chi connectivity index (χ1) is 7.51. The van der Waals surface area contributed by atoms with Crippen molar-refractivity contribution in [1.29, 1.82) is 0 Å². The highest BCUT2D eigenvalue weighted by atomic mass is 19.4. The molecule has 1 aromatic carbocycles. The summed E-state index contributed by atoms with van der Waals surface area (Å²) < 4.78 is 63.9. The average Bonchev–Trinajstić information content (AvgIpc) is 2.14. The molecule has 0 heterocycles. The smallest absolute Gasteiger partial charge is 0.202 e. The van der Waals surface area contributed by atoms with Gasteiger partial charge in [0.15, 0.2) is 0 Å². The third kappa shape index (κ3) is 3.41. The van der Waals surface area contributed by atoms with Gasteiger partial charge >= 0.3 is 6.18 Å². The van der Waals surface area contributed by atoms with Gasteiger partial charge in [0.25, 0.3) is 5.92 Å². The van der Waals surface area contributed by atoms with E-state index in [0.29, 0.717) is 13.0 Å². The van der Waals surface area contributed by atoms with Crippen molar-refractivity contribution in [3.63, 3.8) is 0 Å².